The summed E-state index contributed by atoms with van der Waals surface area (Å²) in [5.74, 6) is -0.358. The molecule has 3 nitrogen and oxygen atoms in total. The van der Waals surface area contributed by atoms with Crippen molar-refractivity contribution in [3.05, 3.63) is 42.6 Å². The zero-order chi connectivity index (χ0) is 13.2. The van der Waals surface area contributed by atoms with E-state index < -0.39 is 6.36 Å². The Hall–Kier alpha value is -2.24. The van der Waals surface area contributed by atoms with Crippen LogP contribution in [0.1, 0.15) is 0 Å². The van der Waals surface area contributed by atoms with Crippen LogP contribution < -0.4 is 4.74 Å². The lowest BCUT2D eigenvalue weighted by Crippen LogP contribution is -2.16. The third kappa shape index (κ3) is 2.91. The van der Waals surface area contributed by atoms with Crippen LogP contribution in [0.15, 0.2) is 42.6 Å². The van der Waals surface area contributed by atoms with E-state index in [4.69, 9.17) is 0 Å². The molecule has 1 aromatic carbocycles. The fourth-order valence-corrected chi connectivity index (χ4v) is 1.43. The Morgan fingerprint density at radius 1 is 1.06 bits per heavy atom. The van der Waals surface area contributed by atoms with E-state index in [0.717, 1.165) is 12.1 Å². The van der Waals surface area contributed by atoms with Gasteiger partial charge in [0.25, 0.3) is 0 Å². The molecule has 2 rings (SSSR count). The summed E-state index contributed by atoms with van der Waals surface area (Å²) in [5, 5.41) is 9.55. The third-order valence-corrected chi connectivity index (χ3v) is 2.15. The number of pyridine rings is 1. The Morgan fingerprint density at radius 3 is 2.28 bits per heavy atom. The Labute approximate surface area is 100 Å². The number of nitrogens with zero attached hydrogens (tertiary/aromatic N) is 1. The van der Waals surface area contributed by atoms with Crippen molar-refractivity contribution in [3.8, 4) is 22.8 Å². The summed E-state index contributed by atoms with van der Waals surface area (Å²) in [5.41, 5.74) is 0.804. The standard InChI is InChI=1S/C12H8F3NO2/c13-12(14,15)18-9-5-3-8(4-6-9)11-10(17)2-1-7-16-11/h1-7,17H. The number of halogens is 3. The Balaban J connectivity index is 2.26. The van der Waals surface area contributed by atoms with Crippen LogP contribution in [0.4, 0.5) is 13.2 Å². The molecule has 0 aliphatic carbocycles. The van der Waals surface area contributed by atoms with Gasteiger partial charge in [-0.3, -0.25) is 4.98 Å². The first-order chi connectivity index (χ1) is 8.46. The molecule has 0 radical (unpaired) electrons. The maximum atomic E-state index is 12.0. The summed E-state index contributed by atoms with van der Waals surface area (Å²) >= 11 is 0. The molecule has 1 aromatic heterocycles. The Morgan fingerprint density at radius 2 is 1.72 bits per heavy atom. The first kappa shape index (κ1) is 12.2. The topological polar surface area (TPSA) is 42.4 Å². The second kappa shape index (κ2) is 4.56. The molecule has 0 spiro atoms. The molecule has 2 aromatic rings. The second-order valence-corrected chi connectivity index (χ2v) is 3.44. The highest BCUT2D eigenvalue weighted by molar-refractivity contribution is 5.66. The van der Waals surface area contributed by atoms with Gasteiger partial charge in [0.2, 0.25) is 0 Å². The van der Waals surface area contributed by atoms with Gasteiger partial charge in [0.15, 0.2) is 0 Å². The van der Waals surface area contributed by atoms with Gasteiger partial charge in [-0.1, -0.05) is 0 Å². The van der Waals surface area contributed by atoms with E-state index in [2.05, 4.69) is 9.72 Å². The zero-order valence-electron chi connectivity index (χ0n) is 8.98. The minimum Gasteiger partial charge on any atom is -0.506 e. The number of ether oxygens (including phenoxy) is 1. The highest BCUT2D eigenvalue weighted by Crippen LogP contribution is 2.29. The van der Waals surface area contributed by atoms with E-state index in [-0.39, 0.29) is 11.5 Å². The number of hydrogen-bond donors (Lipinski definition) is 1. The third-order valence-electron chi connectivity index (χ3n) is 2.15. The van der Waals surface area contributed by atoms with Crippen LogP contribution in [0, 0.1) is 0 Å². The largest absolute Gasteiger partial charge is 0.573 e. The number of rotatable bonds is 2. The normalized spacial score (nSPS) is 11.3. The lowest BCUT2D eigenvalue weighted by molar-refractivity contribution is -0.274. The number of aromatic nitrogens is 1. The SMILES string of the molecule is Oc1cccnc1-c1ccc(OC(F)(F)F)cc1. The summed E-state index contributed by atoms with van der Waals surface area (Å²) in [6.07, 6.45) is -3.23. The van der Waals surface area contributed by atoms with Gasteiger partial charge in [-0.15, -0.1) is 13.2 Å². The van der Waals surface area contributed by atoms with Crippen LogP contribution in [-0.4, -0.2) is 16.5 Å². The summed E-state index contributed by atoms with van der Waals surface area (Å²) in [4.78, 5) is 3.94. The van der Waals surface area contributed by atoms with Crippen molar-refractivity contribution in [3.63, 3.8) is 0 Å². The first-order valence-electron chi connectivity index (χ1n) is 4.96. The number of alkyl halides is 3. The zero-order valence-corrected chi connectivity index (χ0v) is 8.98. The highest BCUT2D eigenvalue weighted by atomic mass is 19.4. The van der Waals surface area contributed by atoms with E-state index in [1.807, 2.05) is 0 Å². The van der Waals surface area contributed by atoms with Gasteiger partial charge in [0, 0.05) is 11.8 Å². The molecule has 1 heterocycles. The van der Waals surface area contributed by atoms with E-state index >= 15 is 0 Å². The van der Waals surface area contributed by atoms with E-state index in [0.29, 0.717) is 11.3 Å². The predicted molar refractivity (Wildman–Crippen MR) is 58.0 cm³/mol. The highest BCUT2D eigenvalue weighted by Gasteiger charge is 2.30. The van der Waals surface area contributed by atoms with Crippen LogP contribution >= 0.6 is 0 Å². The van der Waals surface area contributed by atoms with E-state index in [1.165, 1.54) is 24.4 Å². The summed E-state index contributed by atoms with van der Waals surface area (Å²) in [7, 11) is 0. The molecule has 0 saturated heterocycles. The van der Waals surface area contributed by atoms with Gasteiger partial charge in [0.05, 0.1) is 0 Å². The van der Waals surface area contributed by atoms with Crippen LogP contribution in [-0.2, 0) is 0 Å². The van der Waals surface area contributed by atoms with Crippen LogP contribution in [0.3, 0.4) is 0 Å². The molecule has 18 heavy (non-hydrogen) atoms. The number of hydrogen-bond acceptors (Lipinski definition) is 3. The second-order valence-electron chi connectivity index (χ2n) is 3.44. The maximum Gasteiger partial charge on any atom is 0.573 e. The molecule has 0 fully saturated rings. The van der Waals surface area contributed by atoms with Gasteiger partial charge in [-0.2, -0.15) is 0 Å². The molecule has 0 aliphatic rings. The van der Waals surface area contributed by atoms with Crippen molar-refractivity contribution in [2.45, 2.75) is 6.36 Å². The molecule has 0 atom stereocenters. The first-order valence-corrected chi connectivity index (χ1v) is 4.96. The molecule has 0 bridgehead atoms. The predicted octanol–water partition coefficient (Wildman–Crippen LogP) is 3.35. The lowest BCUT2D eigenvalue weighted by atomic mass is 10.1. The molecular formula is C12H8F3NO2. The lowest BCUT2D eigenvalue weighted by Gasteiger charge is -2.09. The average Bonchev–Trinajstić information content (AvgIpc) is 2.29. The number of aromatic hydroxyl groups is 1. The summed E-state index contributed by atoms with van der Waals surface area (Å²) < 4.78 is 39.6. The smallest absolute Gasteiger partial charge is 0.506 e. The Kier molecular flexibility index (Phi) is 3.10. The van der Waals surface area contributed by atoms with E-state index in [1.54, 1.807) is 6.07 Å². The van der Waals surface area contributed by atoms with E-state index in [9.17, 15) is 18.3 Å². The minimum atomic E-state index is -4.71. The van der Waals surface area contributed by atoms with Gasteiger partial charge in [0.1, 0.15) is 17.2 Å². The summed E-state index contributed by atoms with van der Waals surface area (Å²) in [6.45, 7) is 0. The van der Waals surface area contributed by atoms with Crippen molar-refractivity contribution in [1.82, 2.24) is 4.98 Å². The molecule has 6 heteroatoms. The van der Waals surface area contributed by atoms with Gasteiger partial charge in [-0.25, -0.2) is 0 Å². The van der Waals surface area contributed by atoms with Gasteiger partial charge >= 0.3 is 6.36 Å². The van der Waals surface area contributed by atoms with Crippen molar-refractivity contribution in [1.29, 1.82) is 0 Å². The molecule has 1 N–H and O–H groups in total. The van der Waals surface area contributed by atoms with Gasteiger partial charge in [-0.05, 0) is 36.4 Å². The quantitative estimate of drug-likeness (QED) is 0.894. The fourth-order valence-electron chi connectivity index (χ4n) is 1.43. The van der Waals surface area contributed by atoms with Crippen LogP contribution in [0.5, 0.6) is 11.5 Å². The average molecular weight is 255 g/mol. The molecule has 0 unspecified atom stereocenters. The molecule has 0 aliphatic heterocycles. The number of benzene rings is 1. The van der Waals surface area contributed by atoms with Crippen LogP contribution in [0.2, 0.25) is 0 Å². The monoisotopic (exact) mass is 255 g/mol. The van der Waals surface area contributed by atoms with Crippen LogP contribution in [0.25, 0.3) is 11.3 Å². The van der Waals surface area contributed by atoms with Crippen molar-refractivity contribution in [2.24, 2.45) is 0 Å². The summed E-state index contributed by atoms with van der Waals surface area (Å²) in [6, 6.07) is 8.11. The minimum absolute atomic E-state index is 0.0398. The molecule has 0 saturated carbocycles. The van der Waals surface area contributed by atoms with Crippen molar-refractivity contribution >= 4 is 0 Å². The van der Waals surface area contributed by atoms with Crippen molar-refractivity contribution in [2.75, 3.05) is 0 Å². The Bertz CT molecular complexity index is 538. The maximum absolute atomic E-state index is 12.0. The molecular weight excluding hydrogens is 247 g/mol. The molecule has 0 amide bonds. The fraction of sp³-hybridized carbons (Fsp3) is 0.0833. The molecule has 94 valence electrons. The van der Waals surface area contributed by atoms with Crippen molar-refractivity contribution < 1.29 is 23.0 Å². The van der Waals surface area contributed by atoms with Gasteiger partial charge < -0.3 is 9.84 Å².